The zero-order valence-electron chi connectivity index (χ0n) is 21.3. The van der Waals surface area contributed by atoms with Gasteiger partial charge in [0.05, 0.1) is 0 Å². The molecule has 0 aliphatic rings. The second-order valence-corrected chi connectivity index (χ2v) is 9.11. The summed E-state index contributed by atoms with van der Waals surface area (Å²) in [5.74, 6) is -6.37. The second-order valence-electron chi connectivity index (χ2n) is 9.11. The molecule has 13 nitrogen and oxygen atoms in total. The number of hydrogen-bond donors (Lipinski definition) is 6. The van der Waals surface area contributed by atoms with Crippen LogP contribution in [0.1, 0.15) is 80.1 Å². The number of aliphatic hydroxyl groups is 2. The summed E-state index contributed by atoms with van der Waals surface area (Å²) in [7, 11) is 0. The monoisotopic (exact) mass is 507 g/mol. The van der Waals surface area contributed by atoms with E-state index in [1.165, 1.54) is 20.8 Å². The van der Waals surface area contributed by atoms with E-state index in [0.29, 0.717) is 19.3 Å². The molecule has 0 heterocycles. The van der Waals surface area contributed by atoms with Gasteiger partial charge in [0.25, 0.3) is 0 Å². The minimum Gasteiger partial charge on any atom is -0.480 e. The van der Waals surface area contributed by atoms with Crippen LogP contribution in [0, 0.1) is 0 Å². The predicted octanol–water partition coefficient (Wildman–Crippen LogP) is -0.529. The Labute approximate surface area is 205 Å². The number of carbonyl (C=O) groups excluding carboxylic acids is 4. The molecule has 0 aromatic rings. The van der Waals surface area contributed by atoms with Crippen molar-refractivity contribution in [2.24, 2.45) is 17.2 Å². The average molecular weight is 508 g/mol. The maximum absolute atomic E-state index is 11.8. The molecular formula is C22H41N3O10. The lowest BCUT2D eigenvalue weighted by molar-refractivity contribution is -0.183. The van der Waals surface area contributed by atoms with E-state index in [2.05, 4.69) is 9.47 Å². The molecule has 0 amide bonds. The zero-order chi connectivity index (χ0) is 28.2. The van der Waals surface area contributed by atoms with Gasteiger partial charge in [-0.15, -0.1) is 0 Å². The van der Waals surface area contributed by atoms with Crippen molar-refractivity contribution < 1.29 is 48.8 Å². The average Bonchev–Trinajstić information content (AvgIpc) is 2.72. The number of carboxylic acids is 1. The van der Waals surface area contributed by atoms with Crippen LogP contribution < -0.4 is 17.2 Å². The Bertz CT molecular complexity index is 702. The molecule has 0 rings (SSSR count). The van der Waals surface area contributed by atoms with Gasteiger partial charge in [0.15, 0.2) is 12.2 Å². The van der Waals surface area contributed by atoms with Gasteiger partial charge in [0.1, 0.15) is 16.6 Å². The van der Waals surface area contributed by atoms with Crippen molar-refractivity contribution in [1.29, 1.82) is 0 Å². The summed E-state index contributed by atoms with van der Waals surface area (Å²) < 4.78 is 8.76. The number of esters is 4. The van der Waals surface area contributed by atoms with Gasteiger partial charge in [-0.05, 0) is 40.0 Å². The number of rotatable bonds is 12. The summed E-state index contributed by atoms with van der Waals surface area (Å²) in [5.41, 5.74) is 12.7. The Hall–Kier alpha value is -2.45. The highest BCUT2D eigenvalue weighted by Crippen LogP contribution is 2.14. The van der Waals surface area contributed by atoms with Gasteiger partial charge >= 0.3 is 29.8 Å². The van der Waals surface area contributed by atoms with Crippen LogP contribution in [0.3, 0.4) is 0 Å². The summed E-state index contributed by atoms with van der Waals surface area (Å²) in [6.07, 6.45) is -2.06. The Kier molecular flexibility index (Phi) is 14.7. The molecule has 0 aliphatic heterocycles. The first-order chi connectivity index (χ1) is 15.8. The molecule has 0 bridgehead atoms. The molecule has 204 valence electrons. The van der Waals surface area contributed by atoms with Crippen LogP contribution in [0.15, 0.2) is 0 Å². The maximum Gasteiger partial charge on any atom is 0.346 e. The van der Waals surface area contributed by atoms with Crippen LogP contribution in [0.2, 0.25) is 0 Å². The van der Waals surface area contributed by atoms with Crippen LogP contribution in [0.25, 0.3) is 0 Å². The van der Waals surface area contributed by atoms with Crippen molar-refractivity contribution in [3.05, 3.63) is 0 Å². The number of ether oxygens (including phenoxy) is 2. The van der Waals surface area contributed by atoms with Crippen molar-refractivity contribution in [3.8, 4) is 0 Å². The maximum atomic E-state index is 11.8. The van der Waals surface area contributed by atoms with E-state index in [-0.39, 0.29) is 12.8 Å². The first-order valence-corrected chi connectivity index (χ1v) is 11.3. The molecule has 0 spiro atoms. The number of carbonyl (C=O) groups is 5. The molecule has 13 heteroatoms. The molecule has 0 aromatic heterocycles. The predicted molar refractivity (Wildman–Crippen MR) is 124 cm³/mol. The quantitative estimate of drug-likeness (QED) is 0.144. The summed E-state index contributed by atoms with van der Waals surface area (Å²) in [6, 6.07) is 0. The van der Waals surface area contributed by atoms with Crippen LogP contribution in [0.4, 0.5) is 0 Å². The lowest BCUT2D eigenvalue weighted by Gasteiger charge is -2.23. The number of hydrogen-bond acceptors (Lipinski definition) is 12. The zero-order valence-corrected chi connectivity index (χ0v) is 21.3. The summed E-state index contributed by atoms with van der Waals surface area (Å²) in [6.45, 7) is 9.62. The molecule has 5 atom stereocenters. The first kappa shape index (κ1) is 34.7. The molecule has 0 saturated carbocycles. The minimum absolute atomic E-state index is 0.209. The summed E-state index contributed by atoms with van der Waals surface area (Å²) in [5, 5.41) is 27.8. The summed E-state index contributed by atoms with van der Waals surface area (Å²) >= 11 is 0. The van der Waals surface area contributed by atoms with Gasteiger partial charge in [0.2, 0.25) is 0 Å². The van der Waals surface area contributed by atoms with E-state index in [0.717, 1.165) is 6.42 Å². The minimum atomic E-state index is -2.44. The third kappa shape index (κ3) is 12.2. The van der Waals surface area contributed by atoms with E-state index in [4.69, 9.17) is 22.3 Å². The molecular weight excluding hydrogens is 466 g/mol. The van der Waals surface area contributed by atoms with Gasteiger partial charge in [-0.3, -0.25) is 4.79 Å². The van der Waals surface area contributed by atoms with E-state index >= 15 is 0 Å². The SMILES string of the molecule is CCC[C@@](C)(N)C(=O)O.CCC[C@](C)(N)C(=O)OC(=O)C(O)C(O)C(=O)OC(=O)[C@@](C)(N)CCC. The van der Waals surface area contributed by atoms with Crippen molar-refractivity contribution >= 4 is 29.8 Å². The number of aliphatic carboxylic acids is 1. The van der Waals surface area contributed by atoms with E-state index in [1.807, 2.05) is 6.92 Å². The number of aliphatic hydroxyl groups excluding tert-OH is 2. The van der Waals surface area contributed by atoms with E-state index in [1.54, 1.807) is 13.8 Å². The van der Waals surface area contributed by atoms with Gasteiger partial charge < -0.3 is 42.0 Å². The first-order valence-electron chi connectivity index (χ1n) is 11.3. The molecule has 0 radical (unpaired) electrons. The largest absolute Gasteiger partial charge is 0.480 e. The normalized spacial score (nSPS) is 17.7. The van der Waals surface area contributed by atoms with Crippen LogP contribution in [0.5, 0.6) is 0 Å². The fourth-order valence-corrected chi connectivity index (χ4v) is 2.66. The number of carboxylic acid groups (broad SMARTS) is 1. The van der Waals surface area contributed by atoms with Gasteiger partial charge in [-0.1, -0.05) is 40.0 Å². The Balaban J connectivity index is 0. The Morgan fingerprint density at radius 2 is 0.914 bits per heavy atom. The third-order valence-electron chi connectivity index (χ3n) is 4.90. The van der Waals surface area contributed by atoms with Gasteiger partial charge in [0, 0.05) is 0 Å². The van der Waals surface area contributed by atoms with E-state index < -0.39 is 58.7 Å². The Morgan fingerprint density at radius 1 is 0.657 bits per heavy atom. The highest BCUT2D eigenvalue weighted by molar-refractivity contribution is 5.97. The fourth-order valence-electron chi connectivity index (χ4n) is 2.66. The molecule has 35 heavy (non-hydrogen) atoms. The molecule has 0 aliphatic carbocycles. The van der Waals surface area contributed by atoms with Crippen molar-refractivity contribution in [3.63, 3.8) is 0 Å². The van der Waals surface area contributed by atoms with Gasteiger partial charge in [-0.25, -0.2) is 19.2 Å². The molecule has 2 unspecified atom stereocenters. The lowest BCUT2D eigenvalue weighted by Crippen LogP contribution is -2.51. The lowest BCUT2D eigenvalue weighted by atomic mass is 9.98. The molecule has 0 saturated heterocycles. The van der Waals surface area contributed by atoms with Crippen molar-refractivity contribution in [1.82, 2.24) is 0 Å². The van der Waals surface area contributed by atoms with Crippen LogP contribution in [-0.2, 0) is 33.4 Å². The van der Waals surface area contributed by atoms with Crippen LogP contribution in [-0.4, -0.2) is 74.0 Å². The summed E-state index contributed by atoms with van der Waals surface area (Å²) in [4.78, 5) is 57.3. The topological polar surface area (TPSA) is 243 Å². The van der Waals surface area contributed by atoms with Crippen molar-refractivity contribution in [2.45, 2.75) is 109 Å². The van der Waals surface area contributed by atoms with Crippen molar-refractivity contribution in [2.75, 3.05) is 0 Å². The highest BCUT2D eigenvalue weighted by Gasteiger charge is 2.40. The fraction of sp³-hybridized carbons (Fsp3) is 0.773. The highest BCUT2D eigenvalue weighted by atomic mass is 16.6. The molecule has 0 aromatic carbocycles. The molecule has 9 N–H and O–H groups in total. The number of nitrogens with two attached hydrogens (primary N) is 3. The van der Waals surface area contributed by atoms with E-state index in [9.17, 15) is 34.2 Å². The smallest absolute Gasteiger partial charge is 0.346 e. The molecule has 0 fully saturated rings. The van der Waals surface area contributed by atoms with Crippen LogP contribution >= 0.6 is 0 Å². The standard InChI is InChI=1S/C16H28N2O8.C6H13NO2/c1-5-7-15(3,17)13(23)25-11(21)9(19)10(20)12(22)26-14(24)16(4,18)8-6-2;1-3-4-6(2,7)5(8)9/h9-10,19-20H,5-8,17-18H2,1-4H3;3-4,7H2,1-2H3,(H,8,9)/t9?,10?,15-,16-;6-/m01/s1. The van der Waals surface area contributed by atoms with Gasteiger partial charge in [-0.2, -0.15) is 0 Å². The second kappa shape index (κ2) is 14.8. The third-order valence-corrected chi connectivity index (χ3v) is 4.90. The Morgan fingerprint density at radius 3 is 1.11 bits per heavy atom.